The highest BCUT2D eigenvalue weighted by molar-refractivity contribution is 5.43. The Morgan fingerprint density at radius 1 is 1.22 bits per heavy atom. The van der Waals surface area contributed by atoms with E-state index < -0.39 is 0 Å². The van der Waals surface area contributed by atoms with Gasteiger partial charge in [-0.2, -0.15) is 0 Å². The van der Waals surface area contributed by atoms with Crippen molar-refractivity contribution in [3.05, 3.63) is 28.8 Å². The van der Waals surface area contributed by atoms with Gasteiger partial charge >= 0.3 is 0 Å². The van der Waals surface area contributed by atoms with Crippen molar-refractivity contribution in [1.29, 1.82) is 0 Å². The van der Waals surface area contributed by atoms with Crippen LogP contribution in [-0.4, -0.2) is 32.1 Å². The van der Waals surface area contributed by atoms with E-state index in [9.17, 15) is 0 Å². The number of methoxy groups -OCH3 is 1. The van der Waals surface area contributed by atoms with Crippen LogP contribution in [0.3, 0.4) is 0 Å². The fourth-order valence-corrected chi connectivity index (χ4v) is 2.22. The number of ether oxygens (including phenoxy) is 1. The van der Waals surface area contributed by atoms with Crippen molar-refractivity contribution in [2.24, 2.45) is 5.73 Å². The Labute approximate surface area is 111 Å². The first kappa shape index (κ1) is 15.0. The summed E-state index contributed by atoms with van der Waals surface area (Å²) < 4.78 is 5.53. The largest absolute Gasteiger partial charge is 0.496 e. The molecule has 3 nitrogen and oxygen atoms in total. The minimum Gasteiger partial charge on any atom is -0.496 e. The molecule has 2 atom stereocenters. The van der Waals surface area contributed by atoms with E-state index >= 15 is 0 Å². The SMILES string of the molecule is COc1cc(C)c(C)cc1C(CC(C)N)N(C)C. The molecule has 1 aromatic rings. The van der Waals surface area contributed by atoms with Crippen LogP contribution in [0.1, 0.15) is 36.1 Å². The van der Waals surface area contributed by atoms with Crippen molar-refractivity contribution in [3.8, 4) is 5.75 Å². The molecule has 1 rings (SSSR count). The molecule has 0 fully saturated rings. The summed E-state index contributed by atoms with van der Waals surface area (Å²) in [6.07, 6.45) is 0.922. The van der Waals surface area contributed by atoms with Gasteiger partial charge in [-0.05, 0) is 58.5 Å². The molecule has 3 heteroatoms. The normalized spacial score (nSPS) is 14.7. The predicted molar refractivity (Wildman–Crippen MR) is 77.2 cm³/mol. The average Bonchev–Trinajstić information content (AvgIpc) is 2.28. The van der Waals surface area contributed by atoms with Crippen LogP contribution in [0.25, 0.3) is 0 Å². The Morgan fingerprint density at radius 2 is 1.78 bits per heavy atom. The first-order valence-electron chi connectivity index (χ1n) is 6.44. The maximum Gasteiger partial charge on any atom is 0.123 e. The first-order chi connectivity index (χ1) is 8.36. The molecule has 0 saturated heterocycles. The van der Waals surface area contributed by atoms with Gasteiger partial charge in [-0.3, -0.25) is 0 Å². The summed E-state index contributed by atoms with van der Waals surface area (Å²) in [6, 6.07) is 4.80. The summed E-state index contributed by atoms with van der Waals surface area (Å²) in [5, 5.41) is 0. The lowest BCUT2D eigenvalue weighted by molar-refractivity contribution is 0.264. The van der Waals surface area contributed by atoms with Crippen molar-refractivity contribution >= 4 is 0 Å². The van der Waals surface area contributed by atoms with Crippen LogP contribution < -0.4 is 10.5 Å². The molecule has 18 heavy (non-hydrogen) atoms. The fourth-order valence-electron chi connectivity index (χ4n) is 2.22. The number of aryl methyl sites for hydroxylation is 2. The van der Waals surface area contributed by atoms with Gasteiger partial charge in [0.05, 0.1) is 7.11 Å². The van der Waals surface area contributed by atoms with Crippen LogP contribution in [0, 0.1) is 13.8 Å². The van der Waals surface area contributed by atoms with Crippen molar-refractivity contribution in [1.82, 2.24) is 4.90 Å². The summed E-state index contributed by atoms with van der Waals surface area (Å²) in [6.45, 7) is 6.29. The van der Waals surface area contributed by atoms with Crippen LogP contribution in [0.5, 0.6) is 5.75 Å². The van der Waals surface area contributed by atoms with E-state index in [1.54, 1.807) is 7.11 Å². The zero-order chi connectivity index (χ0) is 13.9. The Balaban J connectivity index is 3.21. The smallest absolute Gasteiger partial charge is 0.123 e. The summed E-state index contributed by atoms with van der Waals surface area (Å²) in [5.41, 5.74) is 9.74. The Morgan fingerprint density at radius 3 is 2.22 bits per heavy atom. The van der Waals surface area contributed by atoms with Crippen molar-refractivity contribution < 1.29 is 4.74 Å². The monoisotopic (exact) mass is 250 g/mol. The van der Waals surface area contributed by atoms with E-state index in [1.807, 2.05) is 6.92 Å². The van der Waals surface area contributed by atoms with Crippen LogP contribution in [-0.2, 0) is 0 Å². The van der Waals surface area contributed by atoms with Gasteiger partial charge in [-0.25, -0.2) is 0 Å². The molecule has 0 heterocycles. The van der Waals surface area contributed by atoms with Gasteiger partial charge in [-0.15, -0.1) is 0 Å². The number of nitrogens with two attached hydrogens (primary N) is 1. The second kappa shape index (κ2) is 6.21. The van der Waals surface area contributed by atoms with Crippen molar-refractivity contribution in [3.63, 3.8) is 0 Å². The average molecular weight is 250 g/mol. The van der Waals surface area contributed by atoms with Crippen LogP contribution in [0.15, 0.2) is 12.1 Å². The minimum atomic E-state index is 0.170. The highest BCUT2D eigenvalue weighted by atomic mass is 16.5. The highest BCUT2D eigenvalue weighted by Gasteiger charge is 2.20. The molecule has 0 aliphatic carbocycles. The van der Waals surface area contributed by atoms with E-state index in [0.29, 0.717) is 6.04 Å². The van der Waals surface area contributed by atoms with Gasteiger partial charge in [0, 0.05) is 17.6 Å². The number of benzene rings is 1. The van der Waals surface area contributed by atoms with Gasteiger partial charge < -0.3 is 15.4 Å². The molecule has 0 aliphatic rings. The molecule has 0 aromatic heterocycles. The predicted octanol–water partition coefficient (Wildman–Crippen LogP) is 2.65. The molecule has 2 N–H and O–H groups in total. The third kappa shape index (κ3) is 3.47. The van der Waals surface area contributed by atoms with E-state index in [4.69, 9.17) is 10.5 Å². The zero-order valence-corrected chi connectivity index (χ0v) is 12.4. The second-order valence-corrected chi connectivity index (χ2v) is 5.37. The molecule has 1 aromatic carbocycles. The Bertz CT molecular complexity index is 400. The zero-order valence-electron chi connectivity index (χ0n) is 12.4. The van der Waals surface area contributed by atoms with Crippen molar-refractivity contribution in [2.45, 2.75) is 39.3 Å². The summed E-state index contributed by atoms with van der Waals surface area (Å²) in [4.78, 5) is 2.20. The first-order valence-corrected chi connectivity index (χ1v) is 6.44. The quantitative estimate of drug-likeness (QED) is 0.873. The Kier molecular flexibility index (Phi) is 5.17. The summed E-state index contributed by atoms with van der Waals surface area (Å²) in [7, 11) is 5.90. The number of hydrogen-bond acceptors (Lipinski definition) is 3. The van der Waals surface area contributed by atoms with E-state index in [-0.39, 0.29) is 6.04 Å². The maximum atomic E-state index is 5.96. The van der Waals surface area contributed by atoms with Gasteiger partial charge in [0.15, 0.2) is 0 Å². The van der Waals surface area contributed by atoms with E-state index in [0.717, 1.165) is 12.2 Å². The maximum absolute atomic E-state index is 5.96. The molecule has 2 unspecified atom stereocenters. The number of hydrogen-bond donors (Lipinski definition) is 1. The van der Waals surface area contributed by atoms with E-state index in [2.05, 4.69) is 45.0 Å². The lowest BCUT2D eigenvalue weighted by Gasteiger charge is -2.28. The molecule has 0 saturated carbocycles. The topological polar surface area (TPSA) is 38.5 Å². The summed E-state index contributed by atoms with van der Waals surface area (Å²) >= 11 is 0. The molecule has 0 radical (unpaired) electrons. The molecule has 0 aliphatic heterocycles. The third-order valence-electron chi connectivity index (χ3n) is 3.42. The lowest BCUT2D eigenvalue weighted by Crippen LogP contribution is -2.28. The van der Waals surface area contributed by atoms with E-state index in [1.165, 1.54) is 16.7 Å². The van der Waals surface area contributed by atoms with Crippen LogP contribution >= 0.6 is 0 Å². The van der Waals surface area contributed by atoms with Gasteiger partial charge in [-0.1, -0.05) is 6.07 Å². The van der Waals surface area contributed by atoms with Gasteiger partial charge in [0.1, 0.15) is 5.75 Å². The Hall–Kier alpha value is -1.06. The third-order valence-corrected chi connectivity index (χ3v) is 3.42. The van der Waals surface area contributed by atoms with Crippen molar-refractivity contribution in [2.75, 3.05) is 21.2 Å². The molecular formula is C15H26N2O. The fraction of sp³-hybridized carbons (Fsp3) is 0.600. The number of rotatable bonds is 5. The van der Waals surface area contributed by atoms with Crippen LogP contribution in [0.2, 0.25) is 0 Å². The molecule has 102 valence electrons. The number of nitrogens with zero attached hydrogens (tertiary/aromatic N) is 1. The lowest BCUT2D eigenvalue weighted by atomic mass is 9.95. The van der Waals surface area contributed by atoms with Gasteiger partial charge in [0.2, 0.25) is 0 Å². The molecule has 0 amide bonds. The minimum absolute atomic E-state index is 0.170. The molecule has 0 bridgehead atoms. The highest BCUT2D eigenvalue weighted by Crippen LogP contribution is 2.33. The molecular weight excluding hydrogens is 224 g/mol. The van der Waals surface area contributed by atoms with Crippen LogP contribution in [0.4, 0.5) is 0 Å². The second-order valence-electron chi connectivity index (χ2n) is 5.37. The summed E-state index contributed by atoms with van der Waals surface area (Å²) in [5.74, 6) is 0.956. The molecule has 0 spiro atoms. The standard InChI is InChI=1S/C15H26N2O/c1-10-7-13(15(18-6)8-11(10)2)14(17(4)5)9-12(3)16/h7-8,12,14H,9,16H2,1-6H3. The van der Waals surface area contributed by atoms with Gasteiger partial charge in [0.25, 0.3) is 0 Å².